The molecule has 0 saturated carbocycles. The Morgan fingerprint density at radius 2 is 1.76 bits per heavy atom. The van der Waals surface area contributed by atoms with E-state index < -0.39 is 0 Å². The number of nitrogen functional groups attached to an aromatic ring is 1. The molecule has 3 aromatic rings. The summed E-state index contributed by atoms with van der Waals surface area (Å²) >= 11 is 0. The van der Waals surface area contributed by atoms with Gasteiger partial charge >= 0.3 is 5.97 Å². The number of hydrogen-bond acceptors (Lipinski definition) is 3. The van der Waals surface area contributed by atoms with Crippen molar-refractivity contribution in [2.24, 2.45) is 0 Å². The second-order valence-electron chi connectivity index (χ2n) is 4.97. The van der Waals surface area contributed by atoms with Crippen molar-refractivity contribution < 1.29 is 9.53 Å². The smallest absolute Gasteiger partial charge is 0.338 e. The second-order valence-corrected chi connectivity index (χ2v) is 4.97. The van der Waals surface area contributed by atoms with Gasteiger partial charge in [-0.05, 0) is 50.2 Å². The number of benzene rings is 2. The van der Waals surface area contributed by atoms with Crippen LogP contribution in [0, 0.1) is 0 Å². The summed E-state index contributed by atoms with van der Waals surface area (Å²) in [5.41, 5.74) is 9.43. The fourth-order valence-electron chi connectivity index (χ4n) is 2.80. The number of anilines is 1. The van der Waals surface area contributed by atoms with Crippen LogP contribution in [0.15, 0.2) is 36.4 Å². The maximum absolute atomic E-state index is 11.9. The predicted molar refractivity (Wildman–Crippen MR) is 85.5 cm³/mol. The van der Waals surface area contributed by atoms with E-state index in [4.69, 9.17) is 10.5 Å². The van der Waals surface area contributed by atoms with Gasteiger partial charge in [0.1, 0.15) is 0 Å². The van der Waals surface area contributed by atoms with Crippen molar-refractivity contribution in [1.82, 2.24) is 4.57 Å². The third-order valence-corrected chi connectivity index (χ3v) is 3.72. The van der Waals surface area contributed by atoms with Crippen LogP contribution < -0.4 is 5.73 Å². The number of rotatable bonds is 3. The van der Waals surface area contributed by atoms with Gasteiger partial charge in [-0.25, -0.2) is 4.79 Å². The van der Waals surface area contributed by atoms with Gasteiger partial charge in [0.25, 0.3) is 0 Å². The van der Waals surface area contributed by atoms with Crippen molar-refractivity contribution in [3.05, 3.63) is 42.0 Å². The Hall–Kier alpha value is -2.49. The van der Waals surface area contributed by atoms with Gasteiger partial charge < -0.3 is 15.0 Å². The number of carbonyl (C=O) groups is 1. The molecule has 0 aliphatic carbocycles. The zero-order valence-electron chi connectivity index (χ0n) is 12.2. The van der Waals surface area contributed by atoms with Gasteiger partial charge in [0.2, 0.25) is 0 Å². The van der Waals surface area contributed by atoms with Crippen molar-refractivity contribution in [3.8, 4) is 0 Å². The molecule has 0 spiro atoms. The number of ether oxygens (including phenoxy) is 1. The zero-order valence-corrected chi connectivity index (χ0v) is 12.2. The van der Waals surface area contributed by atoms with E-state index in [1.807, 2.05) is 36.4 Å². The Morgan fingerprint density at radius 3 is 2.43 bits per heavy atom. The average Bonchev–Trinajstić information content (AvgIpc) is 2.79. The molecule has 0 aliphatic heterocycles. The highest BCUT2D eigenvalue weighted by Crippen LogP contribution is 2.31. The molecular formula is C17H18N2O2. The van der Waals surface area contributed by atoms with Crippen LogP contribution in [-0.4, -0.2) is 17.1 Å². The minimum absolute atomic E-state index is 0.291. The summed E-state index contributed by atoms with van der Waals surface area (Å²) in [7, 11) is 0. The van der Waals surface area contributed by atoms with Crippen LogP contribution in [0.4, 0.5) is 5.69 Å². The number of aromatic nitrogens is 1. The number of nitrogens with zero attached hydrogens (tertiary/aromatic N) is 1. The molecule has 3 rings (SSSR count). The molecular weight excluding hydrogens is 264 g/mol. The fraction of sp³-hybridized carbons (Fsp3) is 0.235. The van der Waals surface area contributed by atoms with Crippen LogP contribution in [0.5, 0.6) is 0 Å². The van der Waals surface area contributed by atoms with Gasteiger partial charge in [-0.1, -0.05) is 0 Å². The van der Waals surface area contributed by atoms with Crippen molar-refractivity contribution in [1.29, 1.82) is 0 Å². The molecule has 0 saturated heterocycles. The second kappa shape index (κ2) is 5.13. The topological polar surface area (TPSA) is 57.2 Å². The summed E-state index contributed by atoms with van der Waals surface area (Å²) in [6, 6.07) is 11.6. The molecule has 2 N–H and O–H groups in total. The number of aryl methyl sites for hydroxylation is 1. The van der Waals surface area contributed by atoms with Gasteiger partial charge in [-0.3, -0.25) is 0 Å². The van der Waals surface area contributed by atoms with Crippen LogP contribution in [-0.2, 0) is 11.3 Å². The normalized spacial score (nSPS) is 11.1. The molecule has 0 aliphatic rings. The Balaban J connectivity index is 2.31. The summed E-state index contributed by atoms with van der Waals surface area (Å²) < 4.78 is 7.30. The van der Waals surface area contributed by atoms with E-state index in [-0.39, 0.29) is 5.97 Å². The number of nitrogens with two attached hydrogens (primary N) is 1. The van der Waals surface area contributed by atoms with Crippen LogP contribution >= 0.6 is 0 Å². The highest BCUT2D eigenvalue weighted by atomic mass is 16.5. The first-order chi connectivity index (χ1) is 10.2. The molecule has 21 heavy (non-hydrogen) atoms. The minimum Gasteiger partial charge on any atom is -0.462 e. The fourth-order valence-corrected chi connectivity index (χ4v) is 2.80. The predicted octanol–water partition coefficient (Wildman–Crippen LogP) is 3.57. The molecule has 1 heterocycles. The average molecular weight is 282 g/mol. The van der Waals surface area contributed by atoms with Gasteiger partial charge in [0.15, 0.2) is 0 Å². The van der Waals surface area contributed by atoms with E-state index in [2.05, 4.69) is 11.5 Å². The van der Waals surface area contributed by atoms with Crippen LogP contribution in [0.2, 0.25) is 0 Å². The van der Waals surface area contributed by atoms with Gasteiger partial charge in [-0.15, -0.1) is 0 Å². The minimum atomic E-state index is -0.291. The number of carbonyl (C=O) groups excluding carboxylic acids is 1. The van der Waals surface area contributed by atoms with Gasteiger partial charge in [0, 0.05) is 34.0 Å². The van der Waals surface area contributed by atoms with E-state index >= 15 is 0 Å². The SMILES string of the molecule is CCOC(=O)c1ccc2c(c1)c1cc(N)ccc1n2CC. The summed E-state index contributed by atoms with van der Waals surface area (Å²) in [5, 5.41) is 2.10. The Kier molecular flexibility index (Phi) is 3.29. The van der Waals surface area contributed by atoms with Gasteiger partial charge in [-0.2, -0.15) is 0 Å². The molecule has 4 nitrogen and oxygen atoms in total. The number of esters is 1. The lowest BCUT2D eigenvalue weighted by atomic mass is 10.1. The van der Waals surface area contributed by atoms with Crippen molar-refractivity contribution in [3.63, 3.8) is 0 Å². The van der Waals surface area contributed by atoms with Crippen LogP contribution in [0.3, 0.4) is 0 Å². The molecule has 0 unspecified atom stereocenters. The maximum atomic E-state index is 11.9. The molecule has 0 bridgehead atoms. The molecule has 4 heteroatoms. The van der Waals surface area contributed by atoms with E-state index in [9.17, 15) is 4.79 Å². The molecule has 1 aromatic heterocycles. The van der Waals surface area contributed by atoms with Crippen molar-refractivity contribution >= 4 is 33.5 Å². The summed E-state index contributed by atoms with van der Waals surface area (Å²) in [6.07, 6.45) is 0. The lowest BCUT2D eigenvalue weighted by Crippen LogP contribution is -2.04. The Labute approximate surface area is 123 Å². The first kappa shape index (κ1) is 13.5. The van der Waals surface area contributed by atoms with E-state index in [1.165, 1.54) is 0 Å². The van der Waals surface area contributed by atoms with E-state index in [1.54, 1.807) is 6.92 Å². The lowest BCUT2D eigenvalue weighted by molar-refractivity contribution is 0.0526. The molecule has 108 valence electrons. The highest BCUT2D eigenvalue weighted by molar-refractivity contribution is 6.11. The zero-order chi connectivity index (χ0) is 15.0. The largest absolute Gasteiger partial charge is 0.462 e. The summed E-state index contributed by atoms with van der Waals surface area (Å²) in [6.45, 7) is 5.15. The van der Waals surface area contributed by atoms with E-state index in [0.29, 0.717) is 12.2 Å². The first-order valence-corrected chi connectivity index (χ1v) is 7.14. The highest BCUT2D eigenvalue weighted by Gasteiger charge is 2.13. The molecule has 0 fully saturated rings. The van der Waals surface area contributed by atoms with Crippen molar-refractivity contribution in [2.75, 3.05) is 12.3 Å². The standard InChI is InChI=1S/C17H18N2O2/c1-3-19-15-7-5-11(17(20)21-4-2)9-13(15)14-10-12(18)6-8-16(14)19/h5-10H,3-4,18H2,1-2H3. The molecule has 0 radical (unpaired) electrons. The number of hydrogen-bond donors (Lipinski definition) is 1. The Bertz CT molecular complexity index is 834. The quantitative estimate of drug-likeness (QED) is 0.590. The third kappa shape index (κ3) is 2.13. The lowest BCUT2D eigenvalue weighted by Gasteiger charge is -2.04. The summed E-state index contributed by atoms with van der Waals surface area (Å²) in [5.74, 6) is -0.291. The van der Waals surface area contributed by atoms with Gasteiger partial charge in [0.05, 0.1) is 12.2 Å². The van der Waals surface area contributed by atoms with Crippen LogP contribution in [0.1, 0.15) is 24.2 Å². The molecule has 0 atom stereocenters. The first-order valence-electron chi connectivity index (χ1n) is 7.14. The maximum Gasteiger partial charge on any atom is 0.338 e. The van der Waals surface area contributed by atoms with E-state index in [0.717, 1.165) is 34.0 Å². The number of fused-ring (bicyclic) bond motifs is 3. The molecule has 2 aromatic carbocycles. The molecule has 0 amide bonds. The Morgan fingerprint density at radius 1 is 1.10 bits per heavy atom. The monoisotopic (exact) mass is 282 g/mol. The third-order valence-electron chi connectivity index (χ3n) is 3.72. The van der Waals surface area contributed by atoms with Crippen molar-refractivity contribution in [2.45, 2.75) is 20.4 Å². The summed E-state index contributed by atoms with van der Waals surface area (Å²) in [4.78, 5) is 11.9. The van der Waals surface area contributed by atoms with Crippen LogP contribution in [0.25, 0.3) is 21.8 Å².